The van der Waals surface area contributed by atoms with Crippen molar-refractivity contribution in [1.82, 2.24) is 24.5 Å². The van der Waals surface area contributed by atoms with Crippen LogP contribution in [0, 0.1) is 0 Å². The van der Waals surface area contributed by atoms with Gasteiger partial charge in [0.05, 0.1) is 26.5 Å². The Morgan fingerprint density at radius 3 is 2.59 bits per heavy atom. The number of H-pyrrole nitrogens is 1. The Morgan fingerprint density at radius 1 is 1.12 bits per heavy atom. The highest BCUT2D eigenvalue weighted by atomic mass is 16.5. The minimum atomic E-state index is -0.148. The molecule has 0 aliphatic carbocycles. The summed E-state index contributed by atoms with van der Waals surface area (Å²) in [6.45, 7) is 5.29. The average Bonchev–Trinajstić information content (AvgIpc) is 3.23. The number of nitrogens with zero attached hydrogens (tertiary/aromatic N) is 4. The topological polar surface area (TPSA) is 94.0 Å². The fraction of sp³-hybridized carbons (Fsp3) is 0.522. The standard InChI is InChI=1S/C23H29N5O4/c1-14(27-12-17(13-27)16-4-5-19(30-2)20(10-16)31-3)21-25-23(29)18-11-24-22(28(18)26-21)15-6-8-32-9-7-15/h4-5,10-11,14-15,17H,6-9,12-13H2,1-3H3,(H,25,26,29). The molecule has 1 aromatic carbocycles. The lowest BCUT2D eigenvalue weighted by Gasteiger charge is -2.43. The van der Waals surface area contributed by atoms with E-state index < -0.39 is 0 Å². The van der Waals surface area contributed by atoms with Crippen molar-refractivity contribution in [2.24, 2.45) is 0 Å². The zero-order chi connectivity index (χ0) is 22.2. The van der Waals surface area contributed by atoms with Gasteiger partial charge in [0.15, 0.2) is 17.0 Å². The Balaban J connectivity index is 1.34. The lowest BCUT2D eigenvalue weighted by molar-refractivity contribution is 0.0829. The number of methoxy groups -OCH3 is 2. The van der Waals surface area contributed by atoms with Gasteiger partial charge in [0, 0.05) is 38.1 Å². The quantitative estimate of drug-likeness (QED) is 0.631. The lowest BCUT2D eigenvalue weighted by Crippen LogP contribution is -2.46. The van der Waals surface area contributed by atoms with Crippen molar-refractivity contribution in [3.63, 3.8) is 0 Å². The number of rotatable bonds is 6. The third-order valence-electron chi connectivity index (χ3n) is 6.76. The Bertz CT molecular complexity index is 1160. The van der Waals surface area contributed by atoms with Crippen LogP contribution < -0.4 is 15.0 Å². The molecule has 1 atom stereocenters. The Hall–Kier alpha value is -2.91. The van der Waals surface area contributed by atoms with Gasteiger partial charge in [-0.15, -0.1) is 0 Å². The summed E-state index contributed by atoms with van der Waals surface area (Å²) in [5.41, 5.74) is 1.57. The summed E-state index contributed by atoms with van der Waals surface area (Å²) >= 11 is 0. The van der Waals surface area contributed by atoms with Crippen LogP contribution in [0.25, 0.3) is 5.52 Å². The van der Waals surface area contributed by atoms with Crippen molar-refractivity contribution >= 4 is 5.52 Å². The first kappa shape index (κ1) is 21.0. The summed E-state index contributed by atoms with van der Waals surface area (Å²) in [7, 11) is 3.29. The van der Waals surface area contributed by atoms with Crippen molar-refractivity contribution in [2.75, 3.05) is 40.5 Å². The van der Waals surface area contributed by atoms with Gasteiger partial charge in [-0.25, -0.2) is 9.50 Å². The molecule has 0 saturated carbocycles. The van der Waals surface area contributed by atoms with Gasteiger partial charge >= 0.3 is 0 Å². The van der Waals surface area contributed by atoms with Crippen molar-refractivity contribution in [2.45, 2.75) is 37.6 Å². The number of benzene rings is 1. The second-order valence-corrected chi connectivity index (χ2v) is 8.58. The highest BCUT2D eigenvalue weighted by Crippen LogP contribution is 2.37. The molecule has 2 aliphatic heterocycles. The third-order valence-corrected chi connectivity index (χ3v) is 6.76. The molecule has 9 heteroatoms. The molecule has 32 heavy (non-hydrogen) atoms. The zero-order valence-corrected chi connectivity index (χ0v) is 18.7. The summed E-state index contributed by atoms with van der Waals surface area (Å²) in [5, 5.41) is 4.80. The van der Waals surface area contributed by atoms with Crippen molar-refractivity contribution in [1.29, 1.82) is 0 Å². The van der Waals surface area contributed by atoms with E-state index in [0.29, 0.717) is 17.3 Å². The van der Waals surface area contributed by atoms with E-state index in [1.54, 1.807) is 24.9 Å². The van der Waals surface area contributed by atoms with E-state index in [4.69, 9.17) is 19.3 Å². The van der Waals surface area contributed by atoms with E-state index >= 15 is 0 Å². The minimum absolute atomic E-state index is 0.00608. The van der Waals surface area contributed by atoms with E-state index in [0.717, 1.165) is 56.5 Å². The van der Waals surface area contributed by atoms with Gasteiger partial charge in [-0.2, -0.15) is 5.10 Å². The number of ether oxygens (including phenoxy) is 3. The maximum Gasteiger partial charge on any atom is 0.277 e. The van der Waals surface area contributed by atoms with Gasteiger partial charge in [0.1, 0.15) is 11.6 Å². The molecule has 1 unspecified atom stereocenters. The smallest absolute Gasteiger partial charge is 0.277 e. The minimum Gasteiger partial charge on any atom is -0.493 e. The number of nitrogens with one attached hydrogen (secondary N) is 1. The Kier molecular flexibility index (Phi) is 5.60. The van der Waals surface area contributed by atoms with Crippen LogP contribution in [-0.4, -0.2) is 65.0 Å². The second kappa shape index (κ2) is 8.55. The molecule has 0 spiro atoms. The number of fused-ring (bicyclic) bond motifs is 1. The SMILES string of the molecule is COc1ccc(C2CN(C(C)c3nn4c(C5CCOCC5)ncc4c(=O)[nH]3)C2)cc1OC. The summed E-state index contributed by atoms with van der Waals surface area (Å²) in [5.74, 6) is 3.67. The first-order valence-electron chi connectivity index (χ1n) is 11.1. The van der Waals surface area contributed by atoms with Crippen molar-refractivity contribution in [3.8, 4) is 11.5 Å². The monoisotopic (exact) mass is 439 g/mol. The lowest BCUT2D eigenvalue weighted by atomic mass is 9.90. The van der Waals surface area contributed by atoms with Crippen molar-refractivity contribution < 1.29 is 14.2 Å². The normalized spacial score (nSPS) is 19.1. The van der Waals surface area contributed by atoms with Crippen LogP contribution in [0.5, 0.6) is 11.5 Å². The number of likely N-dealkylation sites (tertiary alicyclic amines) is 1. The molecule has 170 valence electrons. The number of hydrogen-bond acceptors (Lipinski definition) is 7. The molecule has 5 rings (SSSR count). The second-order valence-electron chi connectivity index (χ2n) is 8.58. The molecule has 1 N–H and O–H groups in total. The van der Waals surface area contributed by atoms with Gasteiger partial charge < -0.3 is 19.2 Å². The number of imidazole rings is 1. The van der Waals surface area contributed by atoms with Gasteiger partial charge in [0.2, 0.25) is 0 Å². The molecule has 0 radical (unpaired) electrons. The van der Waals surface area contributed by atoms with E-state index in [2.05, 4.69) is 27.9 Å². The summed E-state index contributed by atoms with van der Waals surface area (Å²) in [4.78, 5) is 22.5. The average molecular weight is 440 g/mol. The molecule has 0 bridgehead atoms. The highest BCUT2D eigenvalue weighted by Gasteiger charge is 2.34. The van der Waals surface area contributed by atoms with Gasteiger partial charge in [-0.1, -0.05) is 6.07 Å². The number of hydrogen-bond donors (Lipinski definition) is 1. The molecule has 4 heterocycles. The van der Waals surface area contributed by atoms with Gasteiger partial charge in [-0.3, -0.25) is 9.69 Å². The number of aromatic nitrogens is 4. The molecule has 3 aromatic rings. The van der Waals surface area contributed by atoms with E-state index in [1.807, 2.05) is 12.1 Å². The predicted molar refractivity (Wildman–Crippen MR) is 119 cm³/mol. The molecular weight excluding hydrogens is 410 g/mol. The Morgan fingerprint density at radius 2 is 1.88 bits per heavy atom. The van der Waals surface area contributed by atoms with Crippen LogP contribution in [-0.2, 0) is 4.74 Å². The molecule has 2 aromatic heterocycles. The van der Waals surface area contributed by atoms with E-state index in [-0.39, 0.29) is 17.5 Å². The van der Waals surface area contributed by atoms with Gasteiger partial charge in [0.25, 0.3) is 5.56 Å². The fourth-order valence-electron chi connectivity index (χ4n) is 4.67. The Labute approximate surface area is 186 Å². The first-order chi connectivity index (χ1) is 15.6. The third kappa shape index (κ3) is 3.65. The highest BCUT2D eigenvalue weighted by molar-refractivity contribution is 5.45. The van der Waals surface area contributed by atoms with Crippen LogP contribution in [0.15, 0.2) is 29.2 Å². The fourth-order valence-corrected chi connectivity index (χ4v) is 4.67. The van der Waals surface area contributed by atoms with Crippen molar-refractivity contribution in [3.05, 3.63) is 52.0 Å². The van der Waals surface area contributed by atoms with Crippen LogP contribution in [0.4, 0.5) is 0 Å². The van der Waals surface area contributed by atoms with Crippen LogP contribution in [0.1, 0.15) is 54.9 Å². The molecule has 9 nitrogen and oxygen atoms in total. The van der Waals surface area contributed by atoms with Gasteiger partial charge in [-0.05, 0) is 37.5 Å². The van der Waals surface area contributed by atoms with Crippen LogP contribution in [0.3, 0.4) is 0 Å². The largest absolute Gasteiger partial charge is 0.493 e. The summed E-state index contributed by atoms with van der Waals surface area (Å²) in [6, 6.07) is 6.08. The van der Waals surface area contributed by atoms with E-state index in [1.165, 1.54) is 5.56 Å². The summed E-state index contributed by atoms with van der Waals surface area (Å²) < 4.78 is 18.0. The molecular formula is C23H29N5O4. The van der Waals surface area contributed by atoms with E-state index in [9.17, 15) is 4.79 Å². The predicted octanol–water partition coefficient (Wildman–Crippen LogP) is 2.49. The maximum atomic E-state index is 12.7. The first-order valence-corrected chi connectivity index (χ1v) is 11.1. The van der Waals surface area contributed by atoms with Crippen LogP contribution in [0.2, 0.25) is 0 Å². The zero-order valence-electron chi connectivity index (χ0n) is 18.7. The molecule has 2 fully saturated rings. The number of aromatic amines is 1. The van der Waals surface area contributed by atoms with Crippen LogP contribution >= 0.6 is 0 Å². The summed E-state index contributed by atoms with van der Waals surface area (Å²) in [6.07, 6.45) is 3.43. The molecule has 2 saturated heterocycles. The maximum absolute atomic E-state index is 12.7. The molecule has 2 aliphatic rings. The molecule has 0 amide bonds.